The highest BCUT2D eigenvalue weighted by Crippen LogP contribution is 2.11. The second kappa shape index (κ2) is 24.1. The van der Waals surface area contributed by atoms with Crippen LogP contribution in [0.3, 0.4) is 0 Å². The van der Waals surface area contributed by atoms with Gasteiger partial charge < -0.3 is 25.3 Å². The quantitative estimate of drug-likeness (QED) is 0.230. The van der Waals surface area contributed by atoms with Gasteiger partial charge in [-0.05, 0) is 6.42 Å². The number of hydrogen-bond donors (Lipinski definition) is 4. The molecule has 0 aromatic rings. The van der Waals surface area contributed by atoms with Crippen molar-refractivity contribution in [1.29, 1.82) is 0 Å². The fourth-order valence-electron chi connectivity index (χ4n) is 2.93. The van der Waals surface area contributed by atoms with Crippen molar-refractivity contribution < 1.29 is 30.0 Å². The molecule has 0 spiro atoms. The number of carbonyl (C=O) groups excluding carboxylic acids is 1. The summed E-state index contributed by atoms with van der Waals surface area (Å²) < 4.78 is 0. The van der Waals surface area contributed by atoms with Crippen LogP contribution in [0.25, 0.3) is 0 Å². The minimum absolute atomic E-state index is 0.0278. The predicted octanol–water partition coefficient (Wildman–Crippen LogP) is 2.11. The van der Waals surface area contributed by atoms with Gasteiger partial charge in [0.05, 0.1) is 26.2 Å². The lowest BCUT2D eigenvalue weighted by Gasteiger charge is -2.17. The van der Waals surface area contributed by atoms with E-state index in [2.05, 4.69) is 6.92 Å². The zero-order chi connectivity index (χ0) is 23.0. The second-order valence-corrected chi connectivity index (χ2v) is 7.55. The molecule has 0 atom stereocenters. The molecule has 0 heterocycles. The number of amides is 1. The molecule has 0 aliphatic heterocycles. The monoisotopic (exact) mass is 434 g/mol. The van der Waals surface area contributed by atoms with Crippen molar-refractivity contribution in [2.24, 2.45) is 0 Å². The van der Waals surface area contributed by atoms with Gasteiger partial charge in [-0.1, -0.05) is 58.3 Å². The van der Waals surface area contributed by atoms with Crippen LogP contribution in [-0.2, 0) is 9.59 Å². The number of nitrogens with zero attached hydrogens (tertiary/aromatic N) is 2. The largest absolute Gasteiger partial charge is 0.481 e. The van der Waals surface area contributed by atoms with E-state index in [4.69, 9.17) is 20.4 Å². The number of aliphatic hydroxyl groups is 3. The van der Waals surface area contributed by atoms with E-state index >= 15 is 0 Å². The highest BCUT2D eigenvalue weighted by molar-refractivity contribution is 5.76. The number of aliphatic carboxylic acids is 1. The number of carbonyl (C=O) groups is 2. The lowest BCUT2D eigenvalue weighted by Crippen LogP contribution is -2.32. The van der Waals surface area contributed by atoms with Crippen LogP contribution in [-0.4, -0.2) is 95.1 Å². The highest BCUT2D eigenvalue weighted by atomic mass is 16.4. The third-order valence-electron chi connectivity index (χ3n) is 4.83. The maximum Gasteiger partial charge on any atom is 0.305 e. The van der Waals surface area contributed by atoms with Crippen molar-refractivity contribution in [2.75, 3.05) is 53.0 Å². The summed E-state index contributed by atoms with van der Waals surface area (Å²) >= 11 is 0. The molecule has 0 bridgehead atoms. The first kappa shape index (κ1) is 31.0. The first-order valence-corrected chi connectivity index (χ1v) is 11.4. The Bertz CT molecular complexity index is 382. The predicted molar refractivity (Wildman–Crippen MR) is 119 cm³/mol. The molecular formula is C22H46N2O6. The average Bonchev–Trinajstić information content (AvgIpc) is 2.71. The van der Waals surface area contributed by atoms with Gasteiger partial charge in [0.15, 0.2) is 0 Å². The van der Waals surface area contributed by atoms with Crippen molar-refractivity contribution in [3.63, 3.8) is 0 Å². The molecule has 180 valence electrons. The molecule has 0 saturated heterocycles. The molecule has 0 radical (unpaired) electrons. The molecule has 0 saturated carbocycles. The topological polar surface area (TPSA) is 122 Å². The molecule has 8 heteroatoms. The van der Waals surface area contributed by atoms with Gasteiger partial charge in [-0.15, -0.1) is 0 Å². The fourth-order valence-corrected chi connectivity index (χ4v) is 2.93. The average molecular weight is 435 g/mol. The Morgan fingerprint density at radius 2 is 1.10 bits per heavy atom. The molecule has 0 unspecified atom stereocenters. The van der Waals surface area contributed by atoms with Crippen LogP contribution in [0.4, 0.5) is 0 Å². The summed E-state index contributed by atoms with van der Waals surface area (Å²) in [5, 5.41) is 34.0. The van der Waals surface area contributed by atoms with Crippen LogP contribution in [0.15, 0.2) is 0 Å². The van der Waals surface area contributed by atoms with Gasteiger partial charge in [-0.3, -0.25) is 14.5 Å². The number of unbranched alkanes of at least 4 members (excludes halogenated alkanes) is 8. The SMILES string of the molecule is CCCCCCCCCCCC(=O)N(C)CCC(=O)O.OCCN(CCO)CCO. The minimum Gasteiger partial charge on any atom is -0.481 e. The standard InChI is InChI=1S/C16H31NO3.C6H15NO3/c1-3-4-5-6-7-8-9-10-11-12-15(18)17(2)14-13-16(19)20;8-4-1-7(2-5-9)3-6-10/h3-14H2,1-2H3,(H,19,20);8-10H,1-6H2. The van der Waals surface area contributed by atoms with Crippen molar-refractivity contribution in [1.82, 2.24) is 9.80 Å². The molecular weight excluding hydrogens is 388 g/mol. The van der Waals surface area contributed by atoms with Crippen LogP contribution in [0, 0.1) is 0 Å². The van der Waals surface area contributed by atoms with Gasteiger partial charge in [0.2, 0.25) is 5.91 Å². The smallest absolute Gasteiger partial charge is 0.305 e. The summed E-state index contributed by atoms with van der Waals surface area (Å²) in [5.74, 6) is -0.790. The summed E-state index contributed by atoms with van der Waals surface area (Å²) in [6.45, 7) is 4.29. The zero-order valence-electron chi connectivity index (χ0n) is 19.2. The minimum atomic E-state index is -0.854. The summed E-state index contributed by atoms with van der Waals surface area (Å²) in [5.41, 5.74) is 0. The first-order chi connectivity index (χ1) is 14.4. The number of rotatable bonds is 19. The fraction of sp³-hybridized carbons (Fsp3) is 0.909. The molecule has 30 heavy (non-hydrogen) atoms. The van der Waals surface area contributed by atoms with Crippen LogP contribution in [0.5, 0.6) is 0 Å². The summed E-state index contributed by atoms with van der Waals surface area (Å²) in [6, 6.07) is 0. The summed E-state index contributed by atoms with van der Waals surface area (Å²) in [7, 11) is 1.68. The van der Waals surface area contributed by atoms with E-state index in [1.54, 1.807) is 11.9 Å². The third kappa shape index (κ3) is 23.1. The second-order valence-electron chi connectivity index (χ2n) is 7.55. The molecule has 0 rings (SSSR count). The van der Waals surface area contributed by atoms with Gasteiger partial charge in [0.25, 0.3) is 0 Å². The lowest BCUT2D eigenvalue weighted by atomic mass is 10.1. The highest BCUT2D eigenvalue weighted by Gasteiger charge is 2.09. The van der Waals surface area contributed by atoms with E-state index in [-0.39, 0.29) is 32.1 Å². The van der Waals surface area contributed by atoms with Crippen LogP contribution in [0.1, 0.15) is 77.6 Å². The van der Waals surface area contributed by atoms with E-state index in [1.165, 1.54) is 49.8 Å². The zero-order valence-corrected chi connectivity index (χ0v) is 19.2. The van der Waals surface area contributed by atoms with Gasteiger partial charge in [0.1, 0.15) is 0 Å². The van der Waals surface area contributed by atoms with Gasteiger partial charge in [-0.25, -0.2) is 0 Å². The molecule has 1 amide bonds. The Kier molecular flexibility index (Phi) is 24.8. The van der Waals surface area contributed by atoms with E-state index in [0.717, 1.165) is 12.8 Å². The molecule has 8 nitrogen and oxygen atoms in total. The van der Waals surface area contributed by atoms with Crippen LogP contribution < -0.4 is 0 Å². The molecule has 0 aliphatic carbocycles. The maximum absolute atomic E-state index is 11.7. The molecule has 0 aromatic carbocycles. The molecule has 0 aromatic heterocycles. The van der Waals surface area contributed by atoms with Gasteiger partial charge in [0, 0.05) is 39.6 Å². The Labute approximate surface area is 182 Å². The van der Waals surface area contributed by atoms with Gasteiger partial charge >= 0.3 is 5.97 Å². The van der Waals surface area contributed by atoms with Crippen molar-refractivity contribution in [3.05, 3.63) is 0 Å². The summed E-state index contributed by atoms with van der Waals surface area (Å²) in [6.07, 6.45) is 11.7. The normalized spacial score (nSPS) is 10.6. The number of aliphatic hydroxyl groups excluding tert-OH is 3. The third-order valence-corrected chi connectivity index (χ3v) is 4.83. The number of hydrogen-bond acceptors (Lipinski definition) is 6. The number of carboxylic acid groups (broad SMARTS) is 1. The Morgan fingerprint density at radius 3 is 1.50 bits per heavy atom. The van der Waals surface area contributed by atoms with Crippen LogP contribution >= 0.6 is 0 Å². The molecule has 0 fully saturated rings. The Hall–Kier alpha value is -1.22. The van der Waals surface area contributed by atoms with E-state index in [9.17, 15) is 9.59 Å². The van der Waals surface area contributed by atoms with Crippen molar-refractivity contribution >= 4 is 11.9 Å². The maximum atomic E-state index is 11.7. The number of carboxylic acids is 1. The molecule has 4 N–H and O–H groups in total. The van der Waals surface area contributed by atoms with Crippen LogP contribution in [0.2, 0.25) is 0 Å². The first-order valence-electron chi connectivity index (χ1n) is 11.4. The van der Waals surface area contributed by atoms with E-state index < -0.39 is 5.97 Å². The van der Waals surface area contributed by atoms with E-state index in [1.807, 2.05) is 0 Å². The summed E-state index contributed by atoms with van der Waals surface area (Å²) in [4.78, 5) is 25.4. The van der Waals surface area contributed by atoms with E-state index in [0.29, 0.717) is 32.6 Å². The van der Waals surface area contributed by atoms with Crippen molar-refractivity contribution in [2.45, 2.75) is 77.6 Å². The Morgan fingerprint density at radius 1 is 0.667 bits per heavy atom. The van der Waals surface area contributed by atoms with Crippen molar-refractivity contribution in [3.8, 4) is 0 Å². The lowest BCUT2D eigenvalue weighted by molar-refractivity contribution is -0.138. The van der Waals surface area contributed by atoms with Gasteiger partial charge in [-0.2, -0.15) is 0 Å². The molecule has 0 aliphatic rings. The Balaban J connectivity index is 0.